The zero-order valence-electron chi connectivity index (χ0n) is 8.01. The van der Waals surface area contributed by atoms with E-state index in [-0.39, 0.29) is 12.0 Å². The first-order valence-corrected chi connectivity index (χ1v) is 4.65. The van der Waals surface area contributed by atoms with Crippen LogP contribution in [0.15, 0.2) is 0 Å². The van der Waals surface area contributed by atoms with Crippen LogP contribution in [0, 0.1) is 5.41 Å². The van der Waals surface area contributed by atoms with Crippen LogP contribution in [0.4, 0.5) is 4.79 Å². The number of hydrogen-bond acceptors (Lipinski definition) is 3. The first-order chi connectivity index (χ1) is 6.22. The number of aliphatic hydroxyl groups is 1. The van der Waals surface area contributed by atoms with E-state index in [0.29, 0.717) is 6.54 Å². The van der Waals surface area contributed by atoms with Crippen molar-refractivity contribution in [2.24, 2.45) is 5.41 Å². The first-order valence-electron chi connectivity index (χ1n) is 4.65. The van der Waals surface area contributed by atoms with Crippen LogP contribution in [-0.4, -0.2) is 31.5 Å². The molecular formula is C9H17NO3. The summed E-state index contributed by atoms with van der Waals surface area (Å²) < 4.78 is 4.47. The van der Waals surface area contributed by atoms with Crippen molar-refractivity contribution in [1.29, 1.82) is 0 Å². The third kappa shape index (κ3) is 2.59. The predicted molar refractivity (Wildman–Crippen MR) is 48.4 cm³/mol. The number of methoxy groups -OCH3 is 1. The minimum absolute atomic E-state index is 0.0891. The Bertz CT molecular complexity index is 176. The maximum atomic E-state index is 10.8. The second-order valence-corrected chi connectivity index (χ2v) is 3.71. The molecule has 0 aromatic heterocycles. The third-order valence-electron chi connectivity index (χ3n) is 2.79. The molecule has 1 aliphatic rings. The van der Waals surface area contributed by atoms with Crippen molar-refractivity contribution in [1.82, 2.24) is 5.32 Å². The van der Waals surface area contributed by atoms with Crippen molar-refractivity contribution in [2.45, 2.75) is 25.7 Å². The van der Waals surface area contributed by atoms with Crippen LogP contribution >= 0.6 is 0 Å². The van der Waals surface area contributed by atoms with E-state index >= 15 is 0 Å². The van der Waals surface area contributed by atoms with Crippen LogP contribution in [0.1, 0.15) is 25.7 Å². The summed E-state index contributed by atoms with van der Waals surface area (Å²) in [6, 6.07) is 0. The van der Waals surface area contributed by atoms with Gasteiger partial charge in [0.1, 0.15) is 0 Å². The zero-order chi connectivity index (χ0) is 9.73. The Labute approximate surface area is 78.3 Å². The summed E-state index contributed by atoms with van der Waals surface area (Å²) in [5.41, 5.74) is -0.0891. The zero-order valence-corrected chi connectivity index (χ0v) is 8.01. The Kier molecular flexibility index (Phi) is 3.54. The molecule has 0 saturated heterocycles. The maximum absolute atomic E-state index is 10.8. The lowest BCUT2D eigenvalue weighted by molar-refractivity contribution is 0.120. The van der Waals surface area contributed by atoms with Gasteiger partial charge in [0.25, 0.3) is 0 Å². The molecule has 0 heterocycles. The Morgan fingerprint density at radius 3 is 2.62 bits per heavy atom. The van der Waals surface area contributed by atoms with Crippen LogP contribution in [0.25, 0.3) is 0 Å². The number of carbonyl (C=O) groups is 1. The largest absolute Gasteiger partial charge is 0.453 e. The molecule has 0 unspecified atom stereocenters. The number of nitrogens with one attached hydrogen (secondary N) is 1. The Hall–Kier alpha value is -0.770. The number of aliphatic hydroxyl groups excluding tert-OH is 1. The highest BCUT2D eigenvalue weighted by Gasteiger charge is 2.33. The molecule has 1 amide bonds. The molecule has 0 atom stereocenters. The normalized spacial score (nSPS) is 19.8. The Morgan fingerprint density at radius 2 is 2.15 bits per heavy atom. The molecule has 0 aromatic rings. The van der Waals surface area contributed by atoms with Crippen molar-refractivity contribution < 1.29 is 14.6 Å². The second kappa shape index (κ2) is 4.46. The van der Waals surface area contributed by atoms with Crippen LogP contribution in [0.5, 0.6) is 0 Å². The van der Waals surface area contributed by atoms with Crippen LogP contribution in [0.3, 0.4) is 0 Å². The summed E-state index contributed by atoms with van der Waals surface area (Å²) in [7, 11) is 1.34. The molecule has 0 aliphatic heterocycles. The average molecular weight is 187 g/mol. The lowest BCUT2D eigenvalue weighted by atomic mass is 9.87. The number of alkyl carbamates (subject to hydrolysis) is 1. The molecule has 1 fully saturated rings. The molecule has 1 saturated carbocycles. The molecule has 0 spiro atoms. The SMILES string of the molecule is COC(=O)NCC1(CO)CCCC1. The quantitative estimate of drug-likeness (QED) is 0.690. The Balaban J connectivity index is 2.35. The fraction of sp³-hybridized carbons (Fsp3) is 0.889. The number of amides is 1. The van der Waals surface area contributed by atoms with Crippen molar-refractivity contribution in [3.8, 4) is 0 Å². The fourth-order valence-corrected chi connectivity index (χ4v) is 1.85. The first kappa shape index (κ1) is 10.3. The molecule has 0 bridgehead atoms. The van der Waals surface area contributed by atoms with Gasteiger partial charge >= 0.3 is 6.09 Å². The summed E-state index contributed by atoms with van der Waals surface area (Å²) in [4.78, 5) is 10.8. The molecule has 0 radical (unpaired) electrons. The van der Waals surface area contributed by atoms with E-state index in [9.17, 15) is 9.90 Å². The molecule has 2 N–H and O–H groups in total. The summed E-state index contributed by atoms with van der Waals surface area (Å²) >= 11 is 0. The lowest BCUT2D eigenvalue weighted by Crippen LogP contribution is -2.38. The van der Waals surface area contributed by atoms with E-state index in [1.54, 1.807) is 0 Å². The van der Waals surface area contributed by atoms with Gasteiger partial charge < -0.3 is 15.2 Å². The van der Waals surface area contributed by atoms with E-state index in [2.05, 4.69) is 10.1 Å². The van der Waals surface area contributed by atoms with Crippen molar-refractivity contribution in [3.05, 3.63) is 0 Å². The molecule has 76 valence electrons. The van der Waals surface area contributed by atoms with Crippen LogP contribution < -0.4 is 5.32 Å². The van der Waals surface area contributed by atoms with E-state index < -0.39 is 6.09 Å². The van der Waals surface area contributed by atoms with Gasteiger partial charge in [0.05, 0.1) is 13.7 Å². The maximum Gasteiger partial charge on any atom is 0.406 e. The minimum Gasteiger partial charge on any atom is -0.453 e. The minimum atomic E-state index is -0.417. The van der Waals surface area contributed by atoms with Gasteiger partial charge in [-0.1, -0.05) is 12.8 Å². The molecule has 4 nitrogen and oxygen atoms in total. The average Bonchev–Trinajstić information content (AvgIpc) is 2.63. The molecular weight excluding hydrogens is 170 g/mol. The fourth-order valence-electron chi connectivity index (χ4n) is 1.85. The molecule has 1 rings (SSSR count). The summed E-state index contributed by atoms with van der Waals surface area (Å²) in [5.74, 6) is 0. The van der Waals surface area contributed by atoms with Gasteiger partial charge in [0, 0.05) is 12.0 Å². The van der Waals surface area contributed by atoms with E-state index in [1.807, 2.05) is 0 Å². The standard InChI is InChI=1S/C9H17NO3/c1-13-8(12)10-6-9(7-11)4-2-3-5-9/h11H,2-7H2,1H3,(H,10,12). The number of rotatable bonds is 3. The molecule has 4 heteroatoms. The lowest BCUT2D eigenvalue weighted by Gasteiger charge is -2.25. The third-order valence-corrected chi connectivity index (χ3v) is 2.79. The number of ether oxygens (including phenoxy) is 1. The smallest absolute Gasteiger partial charge is 0.406 e. The van der Waals surface area contributed by atoms with Gasteiger partial charge in [-0.3, -0.25) is 0 Å². The van der Waals surface area contributed by atoms with Gasteiger partial charge in [0.2, 0.25) is 0 Å². The van der Waals surface area contributed by atoms with Gasteiger partial charge in [-0.15, -0.1) is 0 Å². The van der Waals surface area contributed by atoms with Gasteiger partial charge in [0.15, 0.2) is 0 Å². The van der Waals surface area contributed by atoms with E-state index in [0.717, 1.165) is 25.7 Å². The highest BCUT2D eigenvalue weighted by Crippen LogP contribution is 2.36. The van der Waals surface area contributed by atoms with Gasteiger partial charge in [-0.05, 0) is 12.8 Å². The summed E-state index contributed by atoms with van der Waals surface area (Å²) in [6.45, 7) is 0.674. The summed E-state index contributed by atoms with van der Waals surface area (Å²) in [5, 5.41) is 11.9. The topological polar surface area (TPSA) is 58.6 Å². The van der Waals surface area contributed by atoms with Crippen LogP contribution in [0.2, 0.25) is 0 Å². The molecule has 1 aliphatic carbocycles. The van der Waals surface area contributed by atoms with Gasteiger partial charge in [-0.2, -0.15) is 0 Å². The van der Waals surface area contributed by atoms with Crippen molar-refractivity contribution in [3.63, 3.8) is 0 Å². The number of carbonyl (C=O) groups excluding carboxylic acids is 1. The molecule has 13 heavy (non-hydrogen) atoms. The summed E-state index contributed by atoms with van der Waals surface area (Å²) in [6.07, 6.45) is 3.85. The highest BCUT2D eigenvalue weighted by atomic mass is 16.5. The van der Waals surface area contributed by atoms with Crippen molar-refractivity contribution >= 4 is 6.09 Å². The second-order valence-electron chi connectivity index (χ2n) is 3.71. The predicted octanol–water partition coefficient (Wildman–Crippen LogP) is 0.895. The van der Waals surface area contributed by atoms with E-state index in [4.69, 9.17) is 0 Å². The van der Waals surface area contributed by atoms with Gasteiger partial charge in [-0.25, -0.2) is 4.79 Å². The van der Waals surface area contributed by atoms with Crippen LogP contribution in [-0.2, 0) is 4.74 Å². The van der Waals surface area contributed by atoms with E-state index in [1.165, 1.54) is 7.11 Å². The Morgan fingerprint density at radius 1 is 1.54 bits per heavy atom. The highest BCUT2D eigenvalue weighted by molar-refractivity contribution is 5.66. The van der Waals surface area contributed by atoms with Crippen molar-refractivity contribution in [2.75, 3.05) is 20.3 Å². The number of hydrogen-bond donors (Lipinski definition) is 2. The monoisotopic (exact) mass is 187 g/mol. The molecule has 0 aromatic carbocycles.